The fourth-order valence-corrected chi connectivity index (χ4v) is 5.87. The number of esters is 1. The Morgan fingerprint density at radius 2 is 1.67 bits per heavy atom. The molecule has 1 saturated carbocycles. The SMILES string of the molecule is CCN(CC)CCCN(CC1CCCCCCC1)C(=O)CCCCOc1ccc2c(c1)cc1c(=O)n2OC(=O)C(=O)O1. The van der Waals surface area contributed by atoms with Crippen LogP contribution in [0.2, 0.25) is 0 Å². The summed E-state index contributed by atoms with van der Waals surface area (Å²) in [5.74, 6) is -1.39. The van der Waals surface area contributed by atoms with Gasteiger partial charge in [-0.05, 0) is 81.9 Å². The summed E-state index contributed by atoms with van der Waals surface area (Å²) < 4.78 is 11.5. The largest absolute Gasteiger partial charge is 0.494 e. The number of hydrogen-bond acceptors (Lipinski definition) is 8. The van der Waals surface area contributed by atoms with Gasteiger partial charge in [-0.25, -0.2) is 9.59 Å². The number of hydrogen-bond donors (Lipinski definition) is 0. The van der Waals surface area contributed by atoms with Crippen molar-refractivity contribution in [3.05, 3.63) is 34.6 Å². The number of fused-ring (bicyclic) bond motifs is 4. The quantitative estimate of drug-likeness (QED) is 0.184. The summed E-state index contributed by atoms with van der Waals surface area (Å²) in [6, 6.07) is 6.35. The standard InChI is InChI=1S/C32H45N3O7/c1-3-33(4-2)18-12-19-34(23-24-13-8-6-5-7-9-14-24)29(36)15-10-11-20-40-26-16-17-27-25(21-26)22-28-30(37)35(27)42-32(39)31(38)41-28/h16-17,21-22,24H,3-15,18-20,23H2,1-2H3. The summed E-state index contributed by atoms with van der Waals surface area (Å²) in [7, 11) is 0. The van der Waals surface area contributed by atoms with Gasteiger partial charge in [0.25, 0.3) is 0 Å². The summed E-state index contributed by atoms with van der Waals surface area (Å²) >= 11 is 0. The van der Waals surface area contributed by atoms with Crippen molar-refractivity contribution in [2.24, 2.45) is 5.92 Å². The molecular formula is C32H45N3O7. The number of unbranched alkanes of at least 4 members (excludes halogenated alkanes) is 1. The zero-order chi connectivity index (χ0) is 29.9. The van der Waals surface area contributed by atoms with Gasteiger partial charge in [0.05, 0.1) is 12.1 Å². The fourth-order valence-electron chi connectivity index (χ4n) is 5.87. The molecule has 0 radical (unpaired) electrons. The highest BCUT2D eigenvalue weighted by molar-refractivity contribution is 6.30. The van der Waals surface area contributed by atoms with Crippen molar-refractivity contribution in [3.8, 4) is 11.5 Å². The Morgan fingerprint density at radius 1 is 0.929 bits per heavy atom. The minimum Gasteiger partial charge on any atom is -0.494 e. The van der Waals surface area contributed by atoms with Gasteiger partial charge in [0.15, 0.2) is 5.75 Å². The van der Waals surface area contributed by atoms with E-state index in [4.69, 9.17) is 14.3 Å². The smallest absolute Gasteiger partial charge is 0.442 e. The van der Waals surface area contributed by atoms with E-state index in [0.29, 0.717) is 35.6 Å². The van der Waals surface area contributed by atoms with Gasteiger partial charge in [0.2, 0.25) is 5.91 Å². The second kappa shape index (κ2) is 15.7. The summed E-state index contributed by atoms with van der Waals surface area (Å²) in [5, 5.41) is 0.523. The Morgan fingerprint density at radius 3 is 2.40 bits per heavy atom. The first-order valence-corrected chi connectivity index (χ1v) is 15.7. The Labute approximate surface area is 247 Å². The molecule has 1 aromatic carbocycles. The zero-order valence-electron chi connectivity index (χ0n) is 25.1. The van der Waals surface area contributed by atoms with E-state index in [1.807, 2.05) is 0 Å². The number of carbonyl (C=O) groups is 3. The molecule has 0 unspecified atom stereocenters. The number of ether oxygens (including phenoxy) is 2. The molecule has 1 amide bonds. The van der Waals surface area contributed by atoms with Crippen molar-refractivity contribution < 1.29 is 28.7 Å². The molecule has 0 saturated heterocycles. The third-order valence-electron chi connectivity index (χ3n) is 8.35. The van der Waals surface area contributed by atoms with E-state index in [2.05, 4.69) is 23.6 Å². The lowest BCUT2D eigenvalue weighted by atomic mass is 9.90. The number of rotatable bonds is 14. The summed E-state index contributed by atoms with van der Waals surface area (Å²) in [4.78, 5) is 58.6. The van der Waals surface area contributed by atoms with Crippen LogP contribution in [0.4, 0.5) is 0 Å². The Kier molecular flexibility index (Phi) is 11.8. The lowest BCUT2D eigenvalue weighted by Gasteiger charge is -2.30. The second-order valence-corrected chi connectivity index (χ2v) is 11.3. The third kappa shape index (κ3) is 8.56. The molecule has 2 aliphatic rings. The molecular weight excluding hydrogens is 538 g/mol. The Balaban J connectivity index is 1.29. The maximum atomic E-state index is 13.3. The minimum atomic E-state index is -1.26. The number of amides is 1. The molecule has 2 aromatic rings. The van der Waals surface area contributed by atoms with Crippen LogP contribution in [0.15, 0.2) is 29.1 Å². The van der Waals surface area contributed by atoms with Gasteiger partial charge in [-0.1, -0.05) is 46.0 Å². The monoisotopic (exact) mass is 583 g/mol. The first-order valence-electron chi connectivity index (χ1n) is 15.7. The summed E-state index contributed by atoms with van der Waals surface area (Å²) in [6.45, 7) is 9.58. The molecule has 42 heavy (non-hydrogen) atoms. The molecule has 230 valence electrons. The van der Waals surface area contributed by atoms with Gasteiger partial charge in [-0.3, -0.25) is 9.59 Å². The van der Waals surface area contributed by atoms with Crippen molar-refractivity contribution in [2.75, 3.05) is 39.3 Å². The van der Waals surface area contributed by atoms with E-state index in [0.717, 1.165) is 56.7 Å². The molecule has 10 heteroatoms. The van der Waals surface area contributed by atoms with Crippen molar-refractivity contribution >= 4 is 28.7 Å². The highest BCUT2D eigenvalue weighted by atomic mass is 16.7. The van der Waals surface area contributed by atoms with E-state index in [1.165, 1.54) is 51.0 Å². The predicted octanol–water partition coefficient (Wildman–Crippen LogP) is 4.35. The number of carbonyl (C=O) groups excluding carboxylic acids is 3. The molecule has 1 aliphatic heterocycles. The Hall–Kier alpha value is -3.40. The van der Waals surface area contributed by atoms with E-state index in [-0.39, 0.29) is 11.7 Å². The Bertz CT molecular complexity index is 1280. The van der Waals surface area contributed by atoms with Crippen LogP contribution in [-0.2, 0) is 14.4 Å². The predicted molar refractivity (Wildman–Crippen MR) is 160 cm³/mol. The molecule has 1 aromatic heterocycles. The van der Waals surface area contributed by atoms with Gasteiger partial charge >= 0.3 is 17.5 Å². The molecule has 0 spiro atoms. The van der Waals surface area contributed by atoms with Crippen LogP contribution in [-0.4, -0.2) is 71.7 Å². The molecule has 0 atom stereocenters. The van der Waals surface area contributed by atoms with Crippen molar-refractivity contribution in [1.29, 1.82) is 0 Å². The fraction of sp³-hybridized carbons (Fsp3) is 0.625. The topological polar surface area (TPSA) is 107 Å². The zero-order valence-corrected chi connectivity index (χ0v) is 25.1. The van der Waals surface area contributed by atoms with Gasteiger partial charge < -0.3 is 24.1 Å². The van der Waals surface area contributed by atoms with Gasteiger partial charge in [0.1, 0.15) is 5.75 Å². The van der Waals surface area contributed by atoms with Crippen LogP contribution in [0.5, 0.6) is 11.5 Å². The molecule has 4 rings (SSSR count). The van der Waals surface area contributed by atoms with E-state index in [9.17, 15) is 19.2 Å². The number of aromatic nitrogens is 1. The summed E-state index contributed by atoms with van der Waals surface area (Å²) in [5.41, 5.74) is -0.407. The molecule has 1 fully saturated rings. The lowest BCUT2D eigenvalue weighted by Crippen LogP contribution is -2.38. The number of nitrogens with zero attached hydrogens (tertiary/aromatic N) is 3. The highest BCUT2D eigenvalue weighted by Crippen LogP contribution is 2.25. The van der Waals surface area contributed by atoms with Crippen molar-refractivity contribution in [1.82, 2.24) is 14.5 Å². The average molecular weight is 584 g/mol. The highest BCUT2D eigenvalue weighted by Gasteiger charge is 2.28. The van der Waals surface area contributed by atoms with Gasteiger partial charge in [-0.15, -0.1) is 4.73 Å². The van der Waals surface area contributed by atoms with Crippen LogP contribution in [0.1, 0.15) is 84.5 Å². The van der Waals surface area contributed by atoms with Crippen LogP contribution in [0.3, 0.4) is 0 Å². The number of pyridine rings is 1. The molecule has 10 nitrogen and oxygen atoms in total. The third-order valence-corrected chi connectivity index (χ3v) is 8.35. The number of benzene rings is 1. The van der Waals surface area contributed by atoms with Crippen LogP contribution < -0.4 is 19.9 Å². The average Bonchev–Trinajstić information content (AvgIpc) is 3.03. The molecule has 0 N–H and O–H groups in total. The summed E-state index contributed by atoms with van der Waals surface area (Å²) in [6.07, 6.45) is 11.9. The van der Waals surface area contributed by atoms with Crippen LogP contribution >= 0.6 is 0 Å². The van der Waals surface area contributed by atoms with Crippen molar-refractivity contribution in [3.63, 3.8) is 0 Å². The molecule has 1 aliphatic carbocycles. The first kappa shape index (κ1) is 31.5. The maximum Gasteiger partial charge on any atom is 0.442 e. The lowest BCUT2D eigenvalue weighted by molar-refractivity contribution is -0.160. The van der Waals surface area contributed by atoms with Crippen molar-refractivity contribution in [2.45, 2.75) is 84.5 Å². The minimum absolute atomic E-state index is 0.238. The van der Waals surface area contributed by atoms with Crippen LogP contribution in [0.25, 0.3) is 10.9 Å². The normalized spacial score (nSPS) is 16.0. The molecule has 2 heterocycles. The second-order valence-electron chi connectivity index (χ2n) is 11.3. The maximum absolute atomic E-state index is 13.3. The van der Waals surface area contributed by atoms with Crippen LogP contribution in [0, 0.1) is 5.92 Å². The van der Waals surface area contributed by atoms with Gasteiger partial charge in [0, 0.05) is 24.9 Å². The van der Waals surface area contributed by atoms with E-state index < -0.39 is 17.5 Å². The molecule has 2 bridgehead atoms. The van der Waals surface area contributed by atoms with E-state index >= 15 is 0 Å². The first-order chi connectivity index (χ1) is 20.4. The van der Waals surface area contributed by atoms with Gasteiger partial charge in [-0.2, -0.15) is 0 Å². The van der Waals surface area contributed by atoms with E-state index in [1.54, 1.807) is 18.2 Å².